The van der Waals surface area contributed by atoms with Gasteiger partial charge in [0.1, 0.15) is 5.75 Å². The highest BCUT2D eigenvalue weighted by Gasteiger charge is 2.27. The van der Waals surface area contributed by atoms with Crippen molar-refractivity contribution in [3.63, 3.8) is 0 Å². The first-order valence-electron chi connectivity index (χ1n) is 9.22. The smallest absolute Gasteiger partial charge is 0.224 e. The minimum absolute atomic E-state index is 0.0563. The summed E-state index contributed by atoms with van der Waals surface area (Å²) in [4.78, 5) is 14.6. The summed E-state index contributed by atoms with van der Waals surface area (Å²) < 4.78 is 13.0. The molecule has 1 aliphatic rings. The fourth-order valence-electron chi connectivity index (χ4n) is 3.27. The number of ether oxygens (including phenoxy) is 2. The molecular weight excluding hydrogens is 344 g/mol. The summed E-state index contributed by atoms with van der Waals surface area (Å²) in [5, 5.41) is 7.24. The van der Waals surface area contributed by atoms with Crippen molar-refractivity contribution in [2.75, 3.05) is 37.0 Å². The molecule has 1 amide bonds. The molecule has 1 fully saturated rings. The number of carbonyl (C=O) groups is 1. The molecule has 0 aliphatic carbocycles. The first-order chi connectivity index (χ1) is 12.9. The van der Waals surface area contributed by atoms with Crippen LogP contribution in [0.25, 0.3) is 0 Å². The van der Waals surface area contributed by atoms with E-state index >= 15 is 0 Å². The fraction of sp³-hybridized carbons (Fsp3) is 0.500. The van der Waals surface area contributed by atoms with E-state index in [4.69, 9.17) is 9.47 Å². The summed E-state index contributed by atoms with van der Waals surface area (Å²) in [5.41, 5.74) is 2.48. The second-order valence-corrected chi connectivity index (χ2v) is 7.44. The molecule has 0 atom stereocenters. The topological polar surface area (TPSA) is 68.6 Å². The van der Waals surface area contributed by atoms with Gasteiger partial charge in [-0.1, -0.05) is 0 Å². The number of hydrogen-bond donors (Lipinski definition) is 1. The van der Waals surface area contributed by atoms with E-state index in [1.807, 2.05) is 37.5 Å². The summed E-state index contributed by atoms with van der Waals surface area (Å²) in [6.07, 6.45) is 2.86. The van der Waals surface area contributed by atoms with E-state index in [2.05, 4.69) is 29.2 Å². The highest BCUT2D eigenvalue weighted by molar-refractivity contribution is 5.92. The zero-order chi connectivity index (χ0) is 19.4. The number of amides is 1. The van der Waals surface area contributed by atoms with Crippen molar-refractivity contribution in [3.05, 3.63) is 36.2 Å². The minimum Gasteiger partial charge on any atom is -0.494 e. The molecule has 2 heterocycles. The van der Waals surface area contributed by atoms with Crippen LogP contribution < -0.4 is 15.0 Å². The molecule has 7 heteroatoms. The highest BCUT2D eigenvalue weighted by Crippen LogP contribution is 2.32. The number of aryl methyl sites for hydroxylation is 2. The predicted molar refractivity (Wildman–Crippen MR) is 105 cm³/mol. The van der Waals surface area contributed by atoms with Gasteiger partial charge in [-0.25, -0.2) is 0 Å². The Morgan fingerprint density at radius 2 is 2.19 bits per heavy atom. The van der Waals surface area contributed by atoms with Gasteiger partial charge in [-0.2, -0.15) is 5.10 Å². The lowest BCUT2D eigenvalue weighted by molar-refractivity contribution is -0.116. The number of morpholine rings is 1. The number of nitrogens with one attached hydrogen (secondary N) is 1. The van der Waals surface area contributed by atoms with Crippen molar-refractivity contribution < 1.29 is 14.3 Å². The van der Waals surface area contributed by atoms with Crippen LogP contribution in [0.1, 0.15) is 26.0 Å². The van der Waals surface area contributed by atoms with Crippen LogP contribution in [0, 0.1) is 0 Å². The van der Waals surface area contributed by atoms with Crippen LogP contribution in [0.3, 0.4) is 0 Å². The van der Waals surface area contributed by atoms with E-state index in [0.717, 1.165) is 24.5 Å². The molecule has 0 bridgehead atoms. The summed E-state index contributed by atoms with van der Waals surface area (Å²) in [7, 11) is 3.48. The molecule has 7 nitrogen and oxygen atoms in total. The van der Waals surface area contributed by atoms with Gasteiger partial charge < -0.3 is 19.7 Å². The minimum atomic E-state index is -0.177. The molecule has 1 N–H and O–H groups in total. The maximum atomic E-state index is 12.3. The van der Waals surface area contributed by atoms with Gasteiger partial charge in [0.05, 0.1) is 30.7 Å². The lowest BCUT2D eigenvalue weighted by atomic mass is 10.1. The predicted octanol–water partition coefficient (Wildman–Crippen LogP) is 2.62. The van der Waals surface area contributed by atoms with Crippen molar-refractivity contribution in [1.82, 2.24) is 9.78 Å². The van der Waals surface area contributed by atoms with E-state index in [0.29, 0.717) is 30.9 Å². The molecule has 0 spiro atoms. The largest absolute Gasteiger partial charge is 0.494 e. The maximum Gasteiger partial charge on any atom is 0.224 e. The molecule has 1 aromatic carbocycles. The molecule has 0 radical (unpaired) electrons. The average molecular weight is 372 g/mol. The Morgan fingerprint density at radius 3 is 2.85 bits per heavy atom. The van der Waals surface area contributed by atoms with Crippen LogP contribution in [0.5, 0.6) is 5.75 Å². The Bertz CT molecular complexity index is 800. The fourth-order valence-corrected chi connectivity index (χ4v) is 3.27. The van der Waals surface area contributed by atoms with Crippen molar-refractivity contribution in [1.29, 1.82) is 0 Å². The number of rotatable bonds is 6. The number of benzene rings is 1. The zero-order valence-electron chi connectivity index (χ0n) is 16.5. The lowest BCUT2D eigenvalue weighted by Gasteiger charge is -2.39. The molecule has 1 saturated heterocycles. The molecule has 0 unspecified atom stereocenters. The van der Waals surface area contributed by atoms with E-state index < -0.39 is 0 Å². The molecule has 146 valence electrons. The maximum absolute atomic E-state index is 12.3. The third kappa shape index (κ3) is 5.01. The summed E-state index contributed by atoms with van der Waals surface area (Å²) >= 11 is 0. The van der Waals surface area contributed by atoms with Crippen molar-refractivity contribution in [2.24, 2.45) is 7.05 Å². The Labute approximate surface area is 160 Å². The SMILES string of the molecule is COc1cc(N2CCOC(C)(C)C2)ccc1NC(=O)CCc1ccn(C)n1. The van der Waals surface area contributed by atoms with Gasteiger partial charge in [0, 0.05) is 50.9 Å². The van der Waals surface area contributed by atoms with Crippen LogP contribution in [-0.2, 0) is 23.0 Å². The van der Waals surface area contributed by atoms with Crippen LogP contribution in [0.4, 0.5) is 11.4 Å². The Kier molecular flexibility index (Phi) is 5.70. The van der Waals surface area contributed by atoms with Gasteiger partial charge >= 0.3 is 0 Å². The first-order valence-corrected chi connectivity index (χ1v) is 9.22. The van der Waals surface area contributed by atoms with Crippen molar-refractivity contribution in [3.8, 4) is 5.75 Å². The number of anilines is 2. The first kappa shape index (κ1) is 19.2. The summed E-state index contributed by atoms with van der Waals surface area (Å²) in [6.45, 7) is 6.52. The van der Waals surface area contributed by atoms with E-state index in [-0.39, 0.29) is 11.5 Å². The van der Waals surface area contributed by atoms with E-state index in [9.17, 15) is 4.79 Å². The standard InChI is InChI=1S/C20H28N4O3/c1-20(2)14-24(11-12-27-20)16-6-7-17(18(13-16)26-4)21-19(25)8-5-15-9-10-23(3)22-15/h6-7,9-10,13H,5,8,11-12,14H2,1-4H3,(H,21,25). The van der Waals surface area contributed by atoms with Crippen molar-refractivity contribution >= 4 is 17.3 Å². The molecule has 2 aromatic rings. The molecule has 1 aromatic heterocycles. The van der Waals surface area contributed by atoms with Crippen molar-refractivity contribution in [2.45, 2.75) is 32.3 Å². The Hall–Kier alpha value is -2.54. The summed E-state index contributed by atoms with van der Waals surface area (Å²) in [5.74, 6) is 0.599. The van der Waals surface area contributed by atoms with Crippen LogP contribution >= 0.6 is 0 Å². The molecule has 1 aliphatic heterocycles. The number of hydrogen-bond acceptors (Lipinski definition) is 5. The number of aromatic nitrogens is 2. The average Bonchev–Trinajstić information content (AvgIpc) is 3.05. The zero-order valence-corrected chi connectivity index (χ0v) is 16.5. The molecule has 0 saturated carbocycles. The monoisotopic (exact) mass is 372 g/mol. The lowest BCUT2D eigenvalue weighted by Crippen LogP contribution is -2.48. The van der Waals surface area contributed by atoms with E-state index in [1.54, 1.807) is 11.8 Å². The van der Waals surface area contributed by atoms with Gasteiger partial charge in [-0.05, 0) is 32.0 Å². The van der Waals surface area contributed by atoms with Gasteiger partial charge in [0.25, 0.3) is 0 Å². The van der Waals surface area contributed by atoms with Gasteiger partial charge in [0.2, 0.25) is 5.91 Å². The Morgan fingerprint density at radius 1 is 1.37 bits per heavy atom. The van der Waals surface area contributed by atoms with E-state index in [1.165, 1.54) is 0 Å². The van der Waals surface area contributed by atoms with Crippen LogP contribution in [-0.4, -0.2) is 48.1 Å². The Balaban J connectivity index is 1.64. The van der Waals surface area contributed by atoms with Gasteiger partial charge in [-0.15, -0.1) is 0 Å². The molecule has 27 heavy (non-hydrogen) atoms. The normalized spacial score (nSPS) is 16.2. The number of carbonyl (C=O) groups excluding carboxylic acids is 1. The van der Waals surface area contributed by atoms with Gasteiger partial charge in [-0.3, -0.25) is 9.48 Å². The molecular formula is C20H28N4O3. The number of nitrogens with zero attached hydrogens (tertiary/aromatic N) is 3. The second kappa shape index (κ2) is 8.00. The van der Waals surface area contributed by atoms with Gasteiger partial charge in [0.15, 0.2) is 0 Å². The third-order valence-electron chi connectivity index (χ3n) is 4.63. The van der Waals surface area contributed by atoms with Crippen LogP contribution in [0.2, 0.25) is 0 Å². The third-order valence-corrected chi connectivity index (χ3v) is 4.63. The quantitative estimate of drug-likeness (QED) is 0.844. The number of methoxy groups -OCH3 is 1. The summed E-state index contributed by atoms with van der Waals surface area (Å²) in [6, 6.07) is 7.80. The second-order valence-electron chi connectivity index (χ2n) is 7.44. The highest BCUT2D eigenvalue weighted by atomic mass is 16.5. The van der Waals surface area contributed by atoms with Crippen LogP contribution in [0.15, 0.2) is 30.5 Å². The molecule has 3 rings (SSSR count).